The van der Waals surface area contributed by atoms with Crippen molar-refractivity contribution in [1.29, 1.82) is 0 Å². The Morgan fingerprint density at radius 1 is 1.38 bits per heavy atom. The van der Waals surface area contributed by atoms with Gasteiger partial charge in [0.2, 0.25) is 0 Å². The smallest absolute Gasteiger partial charge is 0.177 e. The molecule has 2 rings (SSSR count). The van der Waals surface area contributed by atoms with Crippen LogP contribution in [0.5, 0.6) is 0 Å². The zero-order valence-corrected chi connectivity index (χ0v) is 10.8. The van der Waals surface area contributed by atoms with Crippen LogP contribution in [0, 0.1) is 11.7 Å². The summed E-state index contributed by atoms with van der Waals surface area (Å²) in [5.41, 5.74) is 2.14. The molecule has 0 aliphatic carbocycles. The summed E-state index contributed by atoms with van der Waals surface area (Å²) < 4.78 is 2.75. The molecule has 0 bridgehead atoms. The topological polar surface area (TPSA) is 20.7 Å². The molecular weight excluding hydrogens is 240 g/mol. The van der Waals surface area contributed by atoms with Crippen molar-refractivity contribution in [3.63, 3.8) is 0 Å². The molecule has 2 aromatic rings. The lowest BCUT2D eigenvalue weighted by molar-refractivity contribution is 0.630. The number of imidazole rings is 1. The van der Waals surface area contributed by atoms with Crippen molar-refractivity contribution in [2.45, 2.75) is 19.9 Å². The average Bonchev–Trinajstić information content (AvgIpc) is 2.58. The van der Waals surface area contributed by atoms with Gasteiger partial charge >= 0.3 is 0 Å². The molecule has 84 valence electrons. The van der Waals surface area contributed by atoms with Crippen molar-refractivity contribution in [3.8, 4) is 0 Å². The molecule has 0 radical (unpaired) electrons. The minimum atomic E-state index is 0.145. The second kappa shape index (κ2) is 4.44. The van der Waals surface area contributed by atoms with Crippen LogP contribution in [-0.4, -0.2) is 9.55 Å². The molecule has 0 amide bonds. The largest absolute Gasteiger partial charge is 0.335 e. The Bertz CT molecular complexity index is 556. The normalized spacial score (nSPS) is 12.7. The Morgan fingerprint density at radius 2 is 2.06 bits per heavy atom. The first-order valence-corrected chi connectivity index (χ1v) is 5.90. The standard InChI is InChI=1S/C12H13ClN2S/c1-8-7-15(12(16)14-8)9(2)10-5-3-4-6-11(10)13/h3-7,9H,1-2H3,(H,14,16). The number of nitrogens with one attached hydrogen (secondary N) is 1. The Morgan fingerprint density at radius 3 is 2.62 bits per heavy atom. The molecule has 16 heavy (non-hydrogen) atoms. The molecular formula is C12H13ClN2S. The van der Waals surface area contributed by atoms with Crippen molar-refractivity contribution < 1.29 is 0 Å². The lowest BCUT2D eigenvalue weighted by Crippen LogP contribution is -2.06. The first-order valence-electron chi connectivity index (χ1n) is 5.12. The van der Waals surface area contributed by atoms with Gasteiger partial charge in [-0.3, -0.25) is 0 Å². The van der Waals surface area contributed by atoms with E-state index in [-0.39, 0.29) is 6.04 Å². The predicted molar refractivity (Wildman–Crippen MR) is 69.6 cm³/mol. The number of H-pyrrole nitrogens is 1. The zero-order valence-electron chi connectivity index (χ0n) is 9.20. The van der Waals surface area contributed by atoms with Gasteiger partial charge in [0.25, 0.3) is 0 Å². The van der Waals surface area contributed by atoms with E-state index < -0.39 is 0 Å². The highest BCUT2D eigenvalue weighted by Gasteiger charge is 2.11. The van der Waals surface area contributed by atoms with Gasteiger partial charge in [0.1, 0.15) is 0 Å². The maximum Gasteiger partial charge on any atom is 0.177 e. The van der Waals surface area contributed by atoms with E-state index >= 15 is 0 Å². The van der Waals surface area contributed by atoms with Crippen molar-refractivity contribution in [2.24, 2.45) is 0 Å². The molecule has 1 unspecified atom stereocenters. The lowest BCUT2D eigenvalue weighted by atomic mass is 10.1. The second-order valence-electron chi connectivity index (χ2n) is 3.85. The van der Waals surface area contributed by atoms with Gasteiger partial charge < -0.3 is 9.55 Å². The summed E-state index contributed by atoms with van der Waals surface area (Å²) in [5, 5.41) is 0.774. The second-order valence-corrected chi connectivity index (χ2v) is 4.64. The van der Waals surface area contributed by atoms with Crippen LogP contribution in [0.15, 0.2) is 30.5 Å². The highest BCUT2D eigenvalue weighted by Crippen LogP contribution is 2.25. The van der Waals surface area contributed by atoms with Crippen LogP contribution in [0.25, 0.3) is 0 Å². The predicted octanol–water partition coefficient (Wildman–Crippen LogP) is 4.12. The van der Waals surface area contributed by atoms with Crippen molar-refractivity contribution in [2.75, 3.05) is 0 Å². The monoisotopic (exact) mass is 252 g/mol. The fraction of sp³-hybridized carbons (Fsp3) is 0.250. The third-order valence-corrected chi connectivity index (χ3v) is 3.30. The summed E-state index contributed by atoms with van der Waals surface area (Å²) in [4.78, 5) is 3.11. The summed E-state index contributed by atoms with van der Waals surface area (Å²) >= 11 is 11.4. The van der Waals surface area contributed by atoms with Crippen LogP contribution in [-0.2, 0) is 0 Å². The summed E-state index contributed by atoms with van der Waals surface area (Å²) in [6, 6.07) is 7.99. The molecule has 1 N–H and O–H groups in total. The first kappa shape index (κ1) is 11.4. The fourth-order valence-electron chi connectivity index (χ4n) is 1.78. The minimum absolute atomic E-state index is 0.145. The van der Waals surface area contributed by atoms with Gasteiger partial charge in [-0.2, -0.15) is 0 Å². The molecule has 0 aliphatic rings. The van der Waals surface area contributed by atoms with Gasteiger partial charge in [-0.05, 0) is 37.7 Å². The van der Waals surface area contributed by atoms with Crippen LogP contribution in [0.4, 0.5) is 0 Å². The molecule has 0 spiro atoms. The highest BCUT2D eigenvalue weighted by atomic mass is 35.5. The maximum absolute atomic E-state index is 6.17. The van der Waals surface area contributed by atoms with Gasteiger partial charge in [0, 0.05) is 16.9 Å². The number of nitrogens with zero attached hydrogens (tertiary/aromatic N) is 1. The maximum atomic E-state index is 6.17. The number of aromatic nitrogens is 2. The Hall–Kier alpha value is -1.06. The molecule has 1 aromatic carbocycles. The molecule has 1 atom stereocenters. The van der Waals surface area contributed by atoms with E-state index in [0.717, 1.165) is 21.1 Å². The summed E-state index contributed by atoms with van der Waals surface area (Å²) in [6.45, 7) is 4.08. The number of aryl methyl sites for hydroxylation is 1. The number of hydrogen-bond donors (Lipinski definition) is 1. The number of aromatic amines is 1. The Balaban J connectivity index is 2.47. The SMILES string of the molecule is Cc1cn(C(C)c2ccccc2Cl)c(=S)[nH]1. The van der Waals surface area contributed by atoms with Crippen molar-refractivity contribution in [3.05, 3.63) is 51.5 Å². The van der Waals surface area contributed by atoms with E-state index in [1.807, 2.05) is 42.0 Å². The molecule has 0 saturated heterocycles. The highest BCUT2D eigenvalue weighted by molar-refractivity contribution is 7.71. The first-order chi connectivity index (χ1) is 7.59. The third kappa shape index (κ3) is 2.06. The molecule has 4 heteroatoms. The van der Waals surface area contributed by atoms with Crippen LogP contribution in [0.2, 0.25) is 5.02 Å². The third-order valence-electron chi connectivity index (χ3n) is 2.64. The van der Waals surface area contributed by atoms with Gasteiger partial charge in [-0.1, -0.05) is 29.8 Å². The fourth-order valence-corrected chi connectivity index (χ4v) is 2.45. The average molecular weight is 253 g/mol. The van der Waals surface area contributed by atoms with Gasteiger partial charge in [0.05, 0.1) is 6.04 Å². The number of benzene rings is 1. The zero-order chi connectivity index (χ0) is 11.7. The van der Waals surface area contributed by atoms with Crippen LogP contribution in [0.3, 0.4) is 0 Å². The van der Waals surface area contributed by atoms with Crippen molar-refractivity contribution >= 4 is 23.8 Å². The van der Waals surface area contributed by atoms with E-state index in [0.29, 0.717) is 0 Å². The van der Waals surface area contributed by atoms with E-state index in [1.165, 1.54) is 0 Å². The molecule has 2 nitrogen and oxygen atoms in total. The molecule has 1 aromatic heterocycles. The molecule has 0 saturated carbocycles. The Kier molecular flexibility index (Phi) is 3.17. The van der Waals surface area contributed by atoms with Gasteiger partial charge in [-0.25, -0.2) is 0 Å². The van der Waals surface area contributed by atoms with Gasteiger partial charge in [0.15, 0.2) is 4.77 Å². The number of rotatable bonds is 2. The molecule has 1 heterocycles. The van der Waals surface area contributed by atoms with E-state index in [1.54, 1.807) is 0 Å². The lowest BCUT2D eigenvalue weighted by Gasteiger charge is -2.14. The Labute approximate surface area is 105 Å². The van der Waals surface area contributed by atoms with Crippen LogP contribution in [0.1, 0.15) is 24.2 Å². The summed E-state index contributed by atoms with van der Waals surface area (Å²) in [5.74, 6) is 0. The summed E-state index contributed by atoms with van der Waals surface area (Å²) in [6.07, 6.45) is 2.01. The minimum Gasteiger partial charge on any atom is -0.335 e. The molecule has 0 fully saturated rings. The summed E-state index contributed by atoms with van der Waals surface area (Å²) in [7, 11) is 0. The van der Waals surface area contributed by atoms with Gasteiger partial charge in [-0.15, -0.1) is 0 Å². The van der Waals surface area contributed by atoms with Crippen molar-refractivity contribution in [1.82, 2.24) is 9.55 Å². The quantitative estimate of drug-likeness (QED) is 0.798. The molecule has 0 aliphatic heterocycles. The van der Waals surface area contributed by atoms with E-state index in [2.05, 4.69) is 11.9 Å². The number of hydrogen-bond acceptors (Lipinski definition) is 1. The van der Waals surface area contributed by atoms with E-state index in [4.69, 9.17) is 23.8 Å². The van der Waals surface area contributed by atoms with E-state index in [9.17, 15) is 0 Å². The number of halogens is 1. The van der Waals surface area contributed by atoms with Crippen LogP contribution < -0.4 is 0 Å². The van der Waals surface area contributed by atoms with Crippen LogP contribution >= 0.6 is 23.8 Å².